The van der Waals surface area contributed by atoms with Crippen LogP contribution in [0.4, 0.5) is 10.9 Å². The fourth-order valence-corrected chi connectivity index (χ4v) is 2.78. The van der Waals surface area contributed by atoms with Crippen LogP contribution in [0.15, 0.2) is 0 Å². The third-order valence-corrected chi connectivity index (χ3v) is 3.31. The van der Waals surface area contributed by atoms with Gasteiger partial charge in [0.1, 0.15) is 10.7 Å². The lowest BCUT2D eigenvalue weighted by Gasteiger charge is -2.26. The third kappa shape index (κ3) is 4.70. The Bertz CT molecular complexity index is 448. The van der Waals surface area contributed by atoms with Crippen molar-refractivity contribution in [2.24, 2.45) is 5.41 Å². The van der Waals surface area contributed by atoms with E-state index in [0.717, 1.165) is 0 Å². The van der Waals surface area contributed by atoms with Crippen molar-refractivity contribution in [1.82, 2.24) is 9.88 Å². The van der Waals surface area contributed by atoms with Gasteiger partial charge in [-0.2, -0.15) is 0 Å². The van der Waals surface area contributed by atoms with E-state index in [1.165, 1.54) is 11.3 Å². The molecule has 0 aliphatic carbocycles. The predicted octanol–water partition coefficient (Wildman–Crippen LogP) is 2.66. The van der Waals surface area contributed by atoms with Gasteiger partial charge in [-0.3, -0.25) is 4.79 Å². The zero-order valence-corrected chi connectivity index (χ0v) is 13.4. The molecule has 108 valence electrons. The molecule has 0 fully saturated rings. The number of amides is 1. The van der Waals surface area contributed by atoms with Crippen LogP contribution in [0.25, 0.3) is 0 Å². The van der Waals surface area contributed by atoms with Crippen molar-refractivity contribution >= 4 is 28.2 Å². The van der Waals surface area contributed by atoms with Crippen molar-refractivity contribution in [3.63, 3.8) is 0 Å². The first-order valence-electron chi connectivity index (χ1n) is 6.38. The number of nitrogens with one attached hydrogen (secondary N) is 1. The molecule has 6 heteroatoms. The summed E-state index contributed by atoms with van der Waals surface area (Å²) in [5.41, 5.74) is 5.89. The van der Waals surface area contributed by atoms with Crippen molar-refractivity contribution in [2.75, 3.05) is 24.6 Å². The van der Waals surface area contributed by atoms with Crippen molar-refractivity contribution in [1.29, 1.82) is 0 Å². The van der Waals surface area contributed by atoms with Gasteiger partial charge in [0.25, 0.3) is 5.91 Å². The minimum absolute atomic E-state index is 0.0584. The number of thiazole rings is 1. The lowest BCUT2D eigenvalue weighted by Crippen LogP contribution is -2.34. The molecule has 1 rings (SSSR count). The average molecular weight is 284 g/mol. The minimum Gasteiger partial charge on any atom is -0.382 e. The van der Waals surface area contributed by atoms with Crippen molar-refractivity contribution < 1.29 is 4.79 Å². The van der Waals surface area contributed by atoms with Crippen molar-refractivity contribution in [3.8, 4) is 0 Å². The minimum atomic E-state index is -0.0678. The molecule has 0 unspecified atom stereocenters. The summed E-state index contributed by atoms with van der Waals surface area (Å²) in [4.78, 5) is 18.7. The Kier molecular flexibility index (Phi) is 4.79. The topological polar surface area (TPSA) is 71.2 Å². The lowest BCUT2D eigenvalue weighted by molar-refractivity contribution is 0.0751. The second-order valence-electron chi connectivity index (χ2n) is 6.25. The monoisotopic (exact) mass is 284 g/mol. The highest BCUT2D eigenvalue weighted by Gasteiger charge is 2.23. The van der Waals surface area contributed by atoms with Crippen LogP contribution in [0.5, 0.6) is 0 Å². The fourth-order valence-electron chi connectivity index (χ4n) is 1.75. The van der Waals surface area contributed by atoms with E-state index in [9.17, 15) is 4.79 Å². The molecule has 3 N–H and O–H groups in total. The van der Waals surface area contributed by atoms with Gasteiger partial charge in [0, 0.05) is 19.6 Å². The summed E-state index contributed by atoms with van der Waals surface area (Å²) in [6, 6.07) is 0.265. The molecule has 0 saturated carbocycles. The summed E-state index contributed by atoms with van der Waals surface area (Å²) in [6.07, 6.45) is 0. The molecule has 0 spiro atoms. The number of nitrogen functional groups attached to an aromatic ring is 1. The summed E-state index contributed by atoms with van der Waals surface area (Å²) < 4.78 is 0. The smallest absolute Gasteiger partial charge is 0.267 e. The second kappa shape index (κ2) is 5.77. The Hall–Kier alpha value is -1.30. The van der Waals surface area contributed by atoms with Crippen molar-refractivity contribution in [2.45, 2.75) is 40.7 Å². The predicted molar refractivity (Wildman–Crippen MR) is 81.7 cm³/mol. The summed E-state index contributed by atoms with van der Waals surface area (Å²) in [6.45, 7) is 11.0. The number of aromatic nitrogens is 1. The molecule has 1 aromatic rings. The molecular formula is C13H24N4OS. The van der Waals surface area contributed by atoms with Gasteiger partial charge in [-0.05, 0) is 19.3 Å². The normalized spacial score (nSPS) is 11.7. The number of carbonyl (C=O) groups is 1. The van der Waals surface area contributed by atoms with Crippen LogP contribution < -0.4 is 11.1 Å². The van der Waals surface area contributed by atoms with Crippen LogP contribution in [0.2, 0.25) is 0 Å². The van der Waals surface area contributed by atoms with E-state index in [0.29, 0.717) is 22.4 Å². The first kappa shape index (κ1) is 15.8. The van der Waals surface area contributed by atoms with Crippen molar-refractivity contribution in [3.05, 3.63) is 4.88 Å². The summed E-state index contributed by atoms with van der Waals surface area (Å²) >= 11 is 1.31. The molecule has 0 bridgehead atoms. The van der Waals surface area contributed by atoms with Gasteiger partial charge in [-0.25, -0.2) is 4.98 Å². The number of anilines is 2. The molecule has 0 saturated heterocycles. The van der Waals surface area contributed by atoms with E-state index in [1.807, 2.05) is 13.8 Å². The molecule has 0 atom stereocenters. The van der Waals surface area contributed by atoms with Crippen LogP contribution in [0.3, 0.4) is 0 Å². The highest BCUT2D eigenvalue weighted by atomic mass is 32.1. The van der Waals surface area contributed by atoms with E-state index < -0.39 is 0 Å². The van der Waals surface area contributed by atoms with E-state index in [1.54, 1.807) is 11.9 Å². The van der Waals surface area contributed by atoms with Crippen LogP contribution >= 0.6 is 11.3 Å². The quantitative estimate of drug-likeness (QED) is 0.891. The Morgan fingerprint density at radius 3 is 2.53 bits per heavy atom. The molecule has 5 nitrogen and oxygen atoms in total. The zero-order valence-electron chi connectivity index (χ0n) is 12.6. The van der Waals surface area contributed by atoms with Gasteiger partial charge in [0.05, 0.1) is 0 Å². The maximum absolute atomic E-state index is 12.3. The second-order valence-corrected chi connectivity index (χ2v) is 7.25. The van der Waals surface area contributed by atoms with Gasteiger partial charge in [-0.1, -0.05) is 32.1 Å². The first-order chi connectivity index (χ1) is 8.60. The number of nitrogens with zero attached hydrogens (tertiary/aromatic N) is 2. The van der Waals surface area contributed by atoms with Gasteiger partial charge in [0.2, 0.25) is 0 Å². The standard InChI is InChI=1S/C13H24N4OS/c1-8(2)15-12-16-10(14)9(19-12)11(18)17(6)7-13(3,4)5/h8H,7,14H2,1-6H3,(H,15,16). The van der Waals surface area contributed by atoms with E-state index in [2.05, 4.69) is 31.1 Å². The van der Waals surface area contributed by atoms with Crippen LogP contribution in [-0.4, -0.2) is 35.4 Å². The Balaban J connectivity index is 2.85. The van der Waals surface area contributed by atoms with Gasteiger partial charge in [-0.15, -0.1) is 0 Å². The highest BCUT2D eigenvalue weighted by Crippen LogP contribution is 2.27. The number of rotatable bonds is 4. The Labute approximate surface area is 119 Å². The van der Waals surface area contributed by atoms with E-state index >= 15 is 0 Å². The van der Waals surface area contributed by atoms with Crippen LogP contribution in [0, 0.1) is 5.41 Å². The van der Waals surface area contributed by atoms with Gasteiger partial charge >= 0.3 is 0 Å². The first-order valence-corrected chi connectivity index (χ1v) is 7.20. The van der Waals surface area contributed by atoms with Crippen LogP contribution in [0.1, 0.15) is 44.3 Å². The molecule has 0 radical (unpaired) electrons. The number of hydrogen-bond acceptors (Lipinski definition) is 5. The summed E-state index contributed by atoms with van der Waals surface area (Å²) in [5, 5.41) is 3.86. The molecule has 1 aromatic heterocycles. The Morgan fingerprint density at radius 2 is 2.05 bits per heavy atom. The lowest BCUT2D eigenvalue weighted by atomic mass is 9.96. The molecule has 1 amide bonds. The fraction of sp³-hybridized carbons (Fsp3) is 0.692. The molecular weight excluding hydrogens is 260 g/mol. The van der Waals surface area contributed by atoms with E-state index in [-0.39, 0.29) is 17.4 Å². The SMILES string of the molecule is CC(C)Nc1nc(N)c(C(=O)N(C)CC(C)(C)C)s1. The number of carbonyl (C=O) groups excluding carboxylic acids is 1. The Morgan fingerprint density at radius 1 is 1.47 bits per heavy atom. The largest absolute Gasteiger partial charge is 0.382 e. The molecule has 1 heterocycles. The van der Waals surface area contributed by atoms with Gasteiger partial charge in [0.15, 0.2) is 5.13 Å². The maximum atomic E-state index is 12.3. The summed E-state index contributed by atoms with van der Waals surface area (Å²) in [5.74, 6) is 0.237. The number of hydrogen-bond donors (Lipinski definition) is 2. The van der Waals surface area contributed by atoms with Crippen LogP contribution in [-0.2, 0) is 0 Å². The molecule has 19 heavy (non-hydrogen) atoms. The zero-order chi connectivity index (χ0) is 14.8. The number of nitrogens with two attached hydrogens (primary N) is 1. The maximum Gasteiger partial charge on any atom is 0.267 e. The molecule has 0 aliphatic rings. The molecule has 0 aliphatic heterocycles. The average Bonchev–Trinajstić information content (AvgIpc) is 2.54. The highest BCUT2D eigenvalue weighted by molar-refractivity contribution is 7.18. The molecule has 0 aromatic carbocycles. The van der Waals surface area contributed by atoms with E-state index in [4.69, 9.17) is 5.73 Å². The summed E-state index contributed by atoms with van der Waals surface area (Å²) in [7, 11) is 1.79. The third-order valence-electron chi connectivity index (χ3n) is 2.32. The van der Waals surface area contributed by atoms with Gasteiger partial charge < -0.3 is 16.0 Å².